The minimum atomic E-state index is -0.318. The molecular weight excluding hydrogens is 380 g/mol. The quantitative estimate of drug-likeness (QED) is 0.460. The lowest BCUT2D eigenvalue weighted by atomic mass is 10.3. The minimum absolute atomic E-state index is 0.250. The normalized spacial score (nSPS) is 11.4. The van der Waals surface area contributed by atoms with Crippen molar-refractivity contribution in [2.24, 2.45) is 0 Å². The lowest BCUT2D eigenvalue weighted by Crippen LogP contribution is -2.27. The number of nitrogens with one attached hydrogen (secondary N) is 1. The lowest BCUT2D eigenvalue weighted by Gasteiger charge is -2.19. The molecule has 8 nitrogen and oxygen atoms in total. The summed E-state index contributed by atoms with van der Waals surface area (Å²) >= 11 is 0. The summed E-state index contributed by atoms with van der Waals surface area (Å²) in [6.07, 6.45) is 3.56. The summed E-state index contributed by atoms with van der Waals surface area (Å²) in [6, 6.07) is 13.2. The van der Waals surface area contributed by atoms with Crippen molar-refractivity contribution in [2.75, 3.05) is 25.0 Å². The van der Waals surface area contributed by atoms with Crippen molar-refractivity contribution >= 4 is 22.9 Å². The molecule has 3 heterocycles. The number of para-hydroxylation sites is 2. The third-order valence-corrected chi connectivity index (χ3v) is 5.18. The summed E-state index contributed by atoms with van der Waals surface area (Å²) in [6.45, 7) is 8.35. The Morgan fingerprint density at radius 3 is 2.73 bits per heavy atom. The Morgan fingerprint density at radius 2 is 1.97 bits per heavy atom. The van der Waals surface area contributed by atoms with E-state index in [2.05, 4.69) is 38.7 Å². The van der Waals surface area contributed by atoms with E-state index >= 15 is 0 Å². The molecule has 8 heteroatoms. The van der Waals surface area contributed by atoms with Gasteiger partial charge in [0.05, 0.1) is 17.6 Å². The van der Waals surface area contributed by atoms with Crippen LogP contribution in [0.15, 0.2) is 59.3 Å². The van der Waals surface area contributed by atoms with Gasteiger partial charge in [0.2, 0.25) is 5.95 Å². The molecule has 0 aliphatic carbocycles. The van der Waals surface area contributed by atoms with Crippen LogP contribution in [0.25, 0.3) is 11.0 Å². The summed E-state index contributed by atoms with van der Waals surface area (Å²) < 4.78 is 9.52. The first-order valence-electron chi connectivity index (χ1n) is 10.2. The third kappa shape index (κ3) is 4.28. The highest BCUT2D eigenvalue weighted by Crippen LogP contribution is 2.21. The van der Waals surface area contributed by atoms with Crippen molar-refractivity contribution in [1.29, 1.82) is 0 Å². The van der Waals surface area contributed by atoms with Gasteiger partial charge in [0.1, 0.15) is 5.76 Å². The first-order chi connectivity index (χ1) is 14.7. The third-order valence-electron chi connectivity index (χ3n) is 5.18. The smallest absolute Gasteiger partial charge is 0.293 e. The van der Waals surface area contributed by atoms with E-state index in [1.807, 2.05) is 36.5 Å². The molecule has 0 spiro atoms. The lowest BCUT2D eigenvalue weighted by molar-refractivity contribution is 0.0993. The van der Waals surface area contributed by atoms with Crippen LogP contribution in [0.2, 0.25) is 0 Å². The van der Waals surface area contributed by atoms with Gasteiger partial charge < -0.3 is 13.9 Å². The van der Waals surface area contributed by atoms with Crippen molar-refractivity contribution in [3.63, 3.8) is 0 Å². The monoisotopic (exact) mass is 406 g/mol. The van der Waals surface area contributed by atoms with Gasteiger partial charge in [0, 0.05) is 25.5 Å². The molecule has 0 aliphatic heterocycles. The number of anilines is 1. The molecule has 0 saturated carbocycles. The molecule has 30 heavy (non-hydrogen) atoms. The van der Waals surface area contributed by atoms with Gasteiger partial charge in [-0.2, -0.15) is 5.10 Å². The Kier molecular flexibility index (Phi) is 5.94. The van der Waals surface area contributed by atoms with Crippen LogP contribution in [-0.4, -0.2) is 49.8 Å². The van der Waals surface area contributed by atoms with Crippen molar-refractivity contribution in [3.05, 3.63) is 66.4 Å². The van der Waals surface area contributed by atoms with Gasteiger partial charge in [0.15, 0.2) is 5.76 Å². The molecule has 0 unspecified atom stereocenters. The van der Waals surface area contributed by atoms with Crippen LogP contribution >= 0.6 is 0 Å². The number of fused-ring (bicyclic) bond motifs is 1. The molecular formula is C22H26N6O2. The van der Waals surface area contributed by atoms with Crippen molar-refractivity contribution in [2.45, 2.75) is 26.9 Å². The van der Waals surface area contributed by atoms with Gasteiger partial charge in [-0.1, -0.05) is 26.0 Å². The molecule has 0 saturated heterocycles. The second kappa shape index (κ2) is 8.96. The first kappa shape index (κ1) is 19.9. The van der Waals surface area contributed by atoms with E-state index in [9.17, 15) is 4.79 Å². The number of nitrogens with zero attached hydrogens (tertiary/aromatic N) is 5. The van der Waals surface area contributed by atoms with Crippen molar-refractivity contribution < 1.29 is 9.21 Å². The molecule has 4 rings (SSSR count). The SMILES string of the molecule is CCN(CC)CCn1c(NC(=O)c2ccc(Cn3cccn3)o2)nc2ccccc21. The van der Waals surface area contributed by atoms with Crippen LogP contribution in [0.3, 0.4) is 0 Å². The zero-order valence-electron chi connectivity index (χ0n) is 17.3. The Balaban J connectivity index is 1.53. The largest absolute Gasteiger partial charge is 0.454 e. The molecule has 1 amide bonds. The molecule has 1 N–H and O–H groups in total. The number of carbonyl (C=O) groups is 1. The molecule has 1 aromatic carbocycles. The summed E-state index contributed by atoms with van der Waals surface area (Å²) in [5, 5.41) is 7.08. The number of furan rings is 1. The van der Waals surface area contributed by atoms with E-state index in [-0.39, 0.29) is 11.7 Å². The Hall–Kier alpha value is -3.39. The number of amides is 1. The van der Waals surface area contributed by atoms with E-state index < -0.39 is 0 Å². The van der Waals surface area contributed by atoms with E-state index in [4.69, 9.17) is 4.42 Å². The predicted molar refractivity (Wildman–Crippen MR) is 116 cm³/mol. The van der Waals surface area contributed by atoms with Crippen molar-refractivity contribution in [3.8, 4) is 0 Å². The maximum absolute atomic E-state index is 12.8. The molecule has 0 bridgehead atoms. The van der Waals surface area contributed by atoms with Gasteiger partial charge in [0.25, 0.3) is 5.91 Å². The van der Waals surface area contributed by atoms with Gasteiger partial charge in [-0.3, -0.25) is 14.8 Å². The van der Waals surface area contributed by atoms with E-state index in [1.54, 1.807) is 23.0 Å². The number of hydrogen-bond acceptors (Lipinski definition) is 5. The fraction of sp³-hybridized carbons (Fsp3) is 0.318. The van der Waals surface area contributed by atoms with E-state index in [1.165, 1.54) is 0 Å². The number of likely N-dealkylation sites (N-methyl/N-ethyl adjacent to an activating group) is 1. The maximum atomic E-state index is 12.8. The predicted octanol–water partition coefficient (Wildman–Crippen LogP) is 3.47. The summed E-state index contributed by atoms with van der Waals surface area (Å²) in [7, 11) is 0. The van der Waals surface area contributed by atoms with Crippen LogP contribution < -0.4 is 5.32 Å². The molecule has 0 fully saturated rings. The Bertz CT molecular complexity index is 1110. The number of aromatic nitrogens is 4. The standard InChI is InChI=1S/C22H26N6O2/c1-3-26(4-2)14-15-28-19-9-6-5-8-18(19)24-22(28)25-21(29)20-11-10-17(30-20)16-27-13-7-12-23-27/h5-13H,3-4,14-16H2,1-2H3,(H,24,25,29). The number of hydrogen-bond donors (Lipinski definition) is 1. The zero-order chi connectivity index (χ0) is 20.9. The minimum Gasteiger partial charge on any atom is -0.454 e. The number of benzene rings is 1. The second-order valence-electron chi connectivity index (χ2n) is 7.03. The van der Waals surface area contributed by atoms with Gasteiger partial charge >= 0.3 is 0 Å². The number of rotatable bonds is 9. The van der Waals surface area contributed by atoms with Crippen molar-refractivity contribution in [1.82, 2.24) is 24.2 Å². The Labute approximate surface area is 175 Å². The van der Waals surface area contributed by atoms with Gasteiger partial charge in [-0.05, 0) is 43.4 Å². The molecule has 3 aromatic heterocycles. The highest BCUT2D eigenvalue weighted by Gasteiger charge is 2.17. The molecule has 156 valence electrons. The summed E-state index contributed by atoms with van der Waals surface area (Å²) in [4.78, 5) is 19.8. The van der Waals surface area contributed by atoms with E-state index in [0.29, 0.717) is 18.3 Å². The number of imidazole rings is 1. The first-order valence-corrected chi connectivity index (χ1v) is 10.2. The van der Waals surface area contributed by atoms with Gasteiger partial charge in [-0.25, -0.2) is 4.98 Å². The topological polar surface area (TPSA) is 81.1 Å². The van der Waals surface area contributed by atoms with Gasteiger partial charge in [-0.15, -0.1) is 0 Å². The highest BCUT2D eigenvalue weighted by atomic mass is 16.4. The molecule has 4 aromatic rings. The van der Waals surface area contributed by atoms with Crippen LogP contribution in [0.1, 0.15) is 30.2 Å². The maximum Gasteiger partial charge on any atom is 0.293 e. The average Bonchev–Trinajstić information content (AvgIpc) is 3.50. The fourth-order valence-electron chi connectivity index (χ4n) is 3.48. The zero-order valence-corrected chi connectivity index (χ0v) is 17.3. The van der Waals surface area contributed by atoms with Crippen LogP contribution in [-0.2, 0) is 13.1 Å². The van der Waals surface area contributed by atoms with Crippen LogP contribution in [0, 0.1) is 0 Å². The highest BCUT2D eigenvalue weighted by molar-refractivity contribution is 6.02. The van der Waals surface area contributed by atoms with E-state index in [0.717, 1.165) is 37.2 Å². The number of carbonyl (C=O) groups excluding carboxylic acids is 1. The van der Waals surface area contributed by atoms with Crippen LogP contribution in [0.4, 0.5) is 5.95 Å². The van der Waals surface area contributed by atoms with Crippen LogP contribution in [0.5, 0.6) is 0 Å². The Morgan fingerprint density at radius 1 is 1.13 bits per heavy atom. The molecule has 0 atom stereocenters. The average molecular weight is 406 g/mol. The summed E-state index contributed by atoms with van der Waals surface area (Å²) in [5.74, 6) is 1.12. The second-order valence-corrected chi connectivity index (χ2v) is 7.03. The summed E-state index contributed by atoms with van der Waals surface area (Å²) in [5.41, 5.74) is 1.85. The molecule has 0 radical (unpaired) electrons. The molecule has 0 aliphatic rings. The fourth-order valence-corrected chi connectivity index (χ4v) is 3.48.